The Morgan fingerprint density at radius 3 is 2.76 bits per heavy atom. The summed E-state index contributed by atoms with van der Waals surface area (Å²) in [5.41, 5.74) is 0.575. The molecule has 1 atom stereocenters. The van der Waals surface area contributed by atoms with Crippen LogP contribution in [0.25, 0.3) is 0 Å². The Hall–Kier alpha value is -1.14. The molecule has 1 aliphatic rings. The smallest absolute Gasteiger partial charge is 0.260 e. The van der Waals surface area contributed by atoms with E-state index in [1.807, 2.05) is 13.8 Å². The Morgan fingerprint density at radius 1 is 1.38 bits per heavy atom. The highest BCUT2D eigenvalue weighted by molar-refractivity contribution is 7.89. The average molecular weight is 311 g/mol. The molecule has 0 radical (unpaired) electrons. The number of sulfonamides is 1. The van der Waals surface area contributed by atoms with Gasteiger partial charge in [-0.3, -0.25) is 0 Å². The van der Waals surface area contributed by atoms with E-state index < -0.39 is 10.0 Å². The highest BCUT2D eigenvalue weighted by atomic mass is 32.2. The molecule has 118 valence electrons. The Morgan fingerprint density at radius 2 is 2.10 bits per heavy atom. The number of aromatic nitrogens is 1. The number of hydrogen-bond donors (Lipinski definition) is 2. The molecule has 0 saturated heterocycles. The quantitative estimate of drug-likeness (QED) is 0.812. The zero-order valence-electron chi connectivity index (χ0n) is 12.8. The molecule has 0 aromatic carbocycles. The topological polar surface area (TPSA) is 71.1 Å². The third kappa shape index (κ3) is 4.17. The molecule has 1 heterocycles. The summed E-state index contributed by atoms with van der Waals surface area (Å²) < 4.78 is 27.9. The van der Waals surface area contributed by atoms with Gasteiger partial charge in [0, 0.05) is 18.8 Å². The molecule has 2 rings (SSSR count). The van der Waals surface area contributed by atoms with E-state index in [4.69, 9.17) is 0 Å². The fraction of sp³-hybridized carbons (Fsp3) is 0.667. The van der Waals surface area contributed by atoms with Crippen LogP contribution in [0, 0.1) is 5.92 Å². The van der Waals surface area contributed by atoms with Crippen molar-refractivity contribution in [2.24, 2.45) is 5.92 Å². The largest absolute Gasteiger partial charge is 0.383 e. The molecule has 2 N–H and O–H groups in total. The highest BCUT2D eigenvalue weighted by Crippen LogP contribution is 2.28. The highest BCUT2D eigenvalue weighted by Gasteiger charge is 2.28. The normalized spacial score (nSPS) is 17.8. The molecule has 1 saturated carbocycles. The minimum absolute atomic E-state index is 0.0430. The van der Waals surface area contributed by atoms with Crippen LogP contribution in [0.2, 0.25) is 0 Å². The Bertz CT molecular complexity index is 554. The van der Waals surface area contributed by atoms with Crippen LogP contribution < -0.4 is 10.0 Å². The van der Waals surface area contributed by atoms with E-state index in [-0.39, 0.29) is 11.1 Å². The average Bonchev–Trinajstić information content (AvgIpc) is 2.99. The van der Waals surface area contributed by atoms with Gasteiger partial charge in [0.25, 0.3) is 10.0 Å². The summed E-state index contributed by atoms with van der Waals surface area (Å²) in [5, 5.41) is 3.23. The van der Waals surface area contributed by atoms with Gasteiger partial charge in [0.05, 0.1) is 5.69 Å². The van der Waals surface area contributed by atoms with E-state index in [9.17, 15) is 8.42 Å². The summed E-state index contributed by atoms with van der Waals surface area (Å²) in [6.45, 7) is 4.72. The molecule has 21 heavy (non-hydrogen) atoms. The molecule has 1 fully saturated rings. The summed E-state index contributed by atoms with van der Waals surface area (Å²) in [6.07, 6.45) is 7.05. The van der Waals surface area contributed by atoms with Gasteiger partial charge in [-0.1, -0.05) is 19.8 Å². The van der Waals surface area contributed by atoms with E-state index >= 15 is 0 Å². The molecule has 0 aliphatic heterocycles. The number of rotatable bonds is 7. The molecule has 5 nitrogen and oxygen atoms in total. The number of anilines is 1. The van der Waals surface area contributed by atoms with Crippen molar-refractivity contribution >= 4 is 15.7 Å². The molecule has 0 spiro atoms. The van der Waals surface area contributed by atoms with Crippen molar-refractivity contribution in [3.63, 3.8) is 0 Å². The molecule has 6 heteroatoms. The van der Waals surface area contributed by atoms with Crippen LogP contribution in [0.1, 0.15) is 46.0 Å². The summed E-state index contributed by atoms with van der Waals surface area (Å²) in [5.74, 6) is 0.440. The van der Waals surface area contributed by atoms with Crippen molar-refractivity contribution < 1.29 is 8.42 Å². The van der Waals surface area contributed by atoms with Crippen LogP contribution in [0.4, 0.5) is 5.69 Å². The second-order valence-corrected chi connectivity index (χ2v) is 7.37. The lowest BCUT2D eigenvalue weighted by atomic mass is 10.0. The third-order valence-electron chi connectivity index (χ3n) is 4.04. The Kier molecular flexibility index (Phi) is 5.58. The van der Waals surface area contributed by atoms with E-state index in [0.717, 1.165) is 25.8 Å². The minimum atomic E-state index is -3.58. The SMILES string of the molecule is CCCNc1cccnc1S(=O)(=O)NC(C)C1CCCC1. The number of hydrogen-bond acceptors (Lipinski definition) is 4. The monoisotopic (exact) mass is 311 g/mol. The fourth-order valence-electron chi connectivity index (χ4n) is 2.85. The molecular formula is C15H25N3O2S. The lowest BCUT2D eigenvalue weighted by molar-refractivity contribution is 0.423. The second kappa shape index (κ2) is 7.22. The van der Waals surface area contributed by atoms with Gasteiger partial charge >= 0.3 is 0 Å². The third-order valence-corrected chi connectivity index (χ3v) is 5.56. The van der Waals surface area contributed by atoms with E-state index in [1.165, 1.54) is 19.0 Å². The van der Waals surface area contributed by atoms with Crippen molar-refractivity contribution in [2.75, 3.05) is 11.9 Å². The van der Waals surface area contributed by atoms with Gasteiger partial charge in [-0.25, -0.2) is 18.1 Å². The van der Waals surface area contributed by atoms with Crippen LogP contribution in [0.3, 0.4) is 0 Å². The number of nitrogens with zero attached hydrogens (tertiary/aromatic N) is 1. The van der Waals surface area contributed by atoms with Gasteiger partial charge in [-0.2, -0.15) is 0 Å². The maximum Gasteiger partial charge on any atom is 0.260 e. The van der Waals surface area contributed by atoms with E-state index in [2.05, 4.69) is 15.0 Å². The van der Waals surface area contributed by atoms with Crippen molar-refractivity contribution in [2.45, 2.75) is 57.0 Å². The summed E-state index contributed by atoms with van der Waals surface area (Å²) in [6, 6.07) is 3.47. The first-order valence-corrected chi connectivity index (χ1v) is 9.24. The van der Waals surface area contributed by atoms with Gasteiger partial charge in [-0.15, -0.1) is 0 Å². The van der Waals surface area contributed by atoms with Crippen molar-refractivity contribution in [1.29, 1.82) is 0 Å². The number of pyridine rings is 1. The van der Waals surface area contributed by atoms with Gasteiger partial charge in [0.2, 0.25) is 0 Å². The summed E-state index contributed by atoms with van der Waals surface area (Å²) >= 11 is 0. The predicted molar refractivity (Wildman–Crippen MR) is 84.8 cm³/mol. The lowest BCUT2D eigenvalue weighted by Crippen LogP contribution is -2.37. The van der Waals surface area contributed by atoms with Crippen LogP contribution in [-0.2, 0) is 10.0 Å². The van der Waals surface area contributed by atoms with Gasteiger partial charge in [-0.05, 0) is 44.2 Å². The van der Waals surface area contributed by atoms with Crippen LogP contribution >= 0.6 is 0 Å². The molecule has 0 bridgehead atoms. The maximum atomic E-state index is 12.6. The first kappa shape index (κ1) is 16.2. The molecule has 1 unspecified atom stereocenters. The van der Waals surface area contributed by atoms with E-state index in [0.29, 0.717) is 11.6 Å². The summed E-state index contributed by atoms with van der Waals surface area (Å²) in [4.78, 5) is 4.07. The predicted octanol–water partition coefficient (Wildman–Crippen LogP) is 2.76. The minimum Gasteiger partial charge on any atom is -0.383 e. The van der Waals surface area contributed by atoms with Gasteiger partial charge in [0.15, 0.2) is 5.03 Å². The first-order valence-electron chi connectivity index (χ1n) is 7.76. The van der Waals surface area contributed by atoms with Crippen molar-refractivity contribution in [3.8, 4) is 0 Å². The van der Waals surface area contributed by atoms with Crippen molar-refractivity contribution in [1.82, 2.24) is 9.71 Å². The van der Waals surface area contributed by atoms with E-state index in [1.54, 1.807) is 12.1 Å². The zero-order chi connectivity index (χ0) is 15.3. The van der Waals surface area contributed by atoms with Gasteiger partial charge < -0.3 is 5.32 Å². The van der Waals surface area contributed by atoms with Crippen molar-refractivity contribution in [3.05, 3.63) is 18.3 Å². The van der Waals surface area contributed by atoms with Gasteiger partial charge in [0.1, 0.15) is 0 Å². The Labute approximate surface area is 127 Å². The lowest BCUT2D eigenvalue weighted by Gasteiger charge is -2.21. The second-order valence-electron chi connectivity index (χ2n) is 5.74. The zero-order valence-corrected chi connectivity index (χ0v) is 13.6. The maximum absolute atomic E-state index is 12.6. The van der Waals surface area contributed by atoms with Crippen LogP contribution in [0.5, 0.6) is 0 Å². The molecule has 1 aromatic heterocycles. The first-order chi connectivity index (χ1) is 10.0. The number of nitrogens with one attached hydrogen (secondary N) is 2. The van der Waals surface area contributed by atoms with Crippen LogP contribution in [-0.4, -0.2) is 26.0 Å². The molecule has 1 aromatic rings. The molecular weight excluding hydrogens is 286 g/mol. The standard InChI is InChI=1S/C15H25N3O2S/c1-3-10-16-14-9-6-11-17-15(14)21(19,20)18-12(2)13-7-4-5-8-13/h6,9,11-13,16,18H,3-5,7-8,10H2,1-2H3. The Balaban J connectivity index is 2.14. The molecule has 0 amide bonds. The summed E-state index contributed by atoms with van der Waals surface area (Å²) in [7, 11) is -3.58. The van der Waals surface area contributed by atoms with Crippen LogP contribution in [0.15, 0.2) is 23.4 Å². The molecule has 1 aliphatic carbocycles. The fourth-order valence-corrected chi connectivity index (χ4v) is 4.28.